The maximum Gasteiger partial charge on any atom is 0.337 e. The summed E-state index contributed by atoms with van der Waals surface area (Å²) in [6.07, 6.45) is 0. The molecule has 0 radical (unpaired) electrons. The van der Waals surface area contributed by atoms with Crippen molar-refractivity contribution in [3.05, 3.63) is 72.8 Å². The van der Waals surface area contributed by atoms with Crippen molar-refractivity contribution >= 4 is 63.8 Å². The molecule has 1 N–H and O–H groups in total. The molecule has 0 amide bonds. The highest BCUT2D eigenvalue weighted by atomic mass is 35.5. The smallest absolute Gasteiger partial charge is 0.267 e. The minimum atomic E-state index is -0.180. The second kappa shape index (κ2) is 8.47. The summed E-state index contributed by atoms with van der Waals surface area (Å²) in [5, 5.41) is 1.60. The first kappa shape index (κ1) is 18.6. The van der Waals surface area contributed by atoms with Crippen LogP contribution in [0.3, 0.4) is 0 Å². The second-order valence-corrected chi connectivity index (χ2v) is 8.15. The Morgan fingerprint density at radius 2 is 1.84 bits per heavy atom. The van der Waals surface area contributed by atoms with E-state index in [-0.39, 0.29) is 5.69 Å². The highest BCUT2D eigenvalue weighted by molar-refractivity contribution is 7.99. The zero-order chi connectivity index (χ0) is 17.8. The summed E-state index contributed by atoms with van der Waals surface area (Å²) in [6.45, 7) is 0.534. The number of thioether (sulfide) groups is 1. The van der Waals surface area contributed by atoms with E-state index >= 15 is 0 Å². The van der Waals surface area contributed by atoms with Gasteiger partial charge in [0.25, 0.3) is 0 Å². The van der Waals surface area contributed by atoms with Crippen LogP contribution in [0.4, 0.5) is 5.69 Å². The third kappa shape index (κ3) is 4.92. The zero-order valence-corrected chi connectivity index (χ0v) is 16.6. The van der Waals surface area contributed by atoms with Gasteiger partial charge in [0.1, 0.15) is 0 Å². The summed E-state index contributed by atoms with van der Waals surface area (Å²) in [5.74, 6) is 0.732. The highest BCUT2D eigenvalue weighted by Crippen LogP contribution is 2.26. The number of nitrogens with one attached hydrogen (secondary N) is 1. The van der Waals surface area contributed by atoms with E-state index < -0.39 is 0 Å². The van der Waals surface area contributed by atoms with Crippen molar-refractivity contribution < 1.29 is 0 Å². The number of H-pyrrole nitrogens is 1. The van der Waals surface area contributed by atoms with Crippen LogP contribution in [-0.2, 0) is 6.54 Å². The van der Waals surface area contributed by atoms with Crippen molar-refractivity contribution in [1.82, 2.24) is 8.94 Å². The Labute approximate surface area is 167 Å². The van der Waals surface area contributed by atoms with Gasteiger partial charge in [0.15, 0.2) is 0 Å². The summed E-state index contributed by atoms with van der Waals surface area (Å²) in [5.41, 5.74) is 0.462. The van der Waals surface area contributed by atoms with E-state index in [0.717, 1.165) is 10.6 Å². The Kier molecular flexibility index (Phi) is 6.30. The molecule has 0 saturated heterocycles. The van der Waals surface area contributed by atoms with Crippen LogP contribution in [0, 0.1) is 0 Å². The van der Waals surface area contributed by atoms with Crippen molar-refractivity contribution in [3.63, 3.8) is 0 Å². The lowest BCUT2D eigenvalue weighted by Gasteiger charge is -2.03. The molecule has 0 atom stereocenters. The molecule has 0 aliphatic rings. The van der Waals surface area contributed by atoms with Crippen LogP contribution in [0.15, 0.2) is 57.1 Å². The van der Waals surface area contributed by atoms with Crippen LogP contribution in [0.1, 0.15) is 0 Å². The van der Waals surface area contributed by atoms with Gasteiger partial charge in [-0.2, -0.15) is 0 Å². The fourth-order valence-electron chi connectivity index (χ4n) is 2.02. The highest BCUT2D eigenvalue weighted by Gasteiger charge is 2.04. The zero-order valence-electron chi connectivity index (χ0n) is 12.7. The molecular formula is C16H12Cl3N3OS2. The first-order valence-corrected chi connectivity index (χ1v) is 10.1. The first-order valence-electron chi connectivity index (χ1n) is 7.19. The van der Waals surface area contributed by atoms with Gasteiger partial charge in [-0.1, -0.05) is 34.8 Å². The summed E-state index contributed by atoms with van der Waals surface area (Å²) in [4.78, 5) is 18.2. The van der Waals surface area contributed by atoms with Crippen LogP contribution < -0.4 is 10.5 Å². The molecule has 0 aliphatic carbocycles. The number of aromatic amines is 1. The summed E-state index contributed by atoms with van der Waals surface area (Å²) in [6, 6.07) is 12.7. The topological polar surface area (TPSA) is 50.1 Å². The molecule has 0 aliphatic heterocycles. The van der Waals surface area contributed by atoms with Gasteiger partial charge in [0.2, 0.25) is 4.80 Å². The van der Waals surface area contributed by atoms with Gasteiger partial charge in [0, 0.05) is 22.2 Å². The molecule has 0 saturated carbocycles. The van der Waals surface area contributed by atoms with Gasteiger partial charge in [-0.3, -0.25) is 8.94 Å². The predicted molar refractivity (Wildman–Crippen MR) is 107 cm³/mol. The van der Waals surface area contributed by atoms with Gasteiger partial charge in [-0.15, -0.1) is 11.8 Å². The summed E-state index contributed by atoms with van der Waals surface area (Å²) in [7, 11) is 0. The van der Waals surface area contributed by atoms with E-state index in [1.165, 1.54) is 11.5 Å². The fraction of sp³-hybridized carbons (Fsp3) is 0.125. The molecule has 3 aromatic rings. The minimum absolute atomic E-state index is 0.180. The van der Waals surface area contributed by atoms with Gasteiger partial charge < -0.3 is 0 Å². The number of aromatic nitrogens is 2. The Morgan fingerprint density at radius 3 is 2.56 bits per heavy atom. The predicted octanol–water partition coefficient (Wildman–Crippen LogP) is 5.22. The average molecular weight is 433 g/mol. The van der Waals surface area contributed by atoms with Crippen LogP contribution in [0.25, 0.3) is 0 Å². The Morgan fingerprint density at radius 1 is 1.08 bits per heavy atom. The van der Waals surface area contributed by atoms with Crippen LogP contribution in [0.5, 0.6) is 0 Å². The van der Waals surface area contributed by atoms with Gasteiger partial charge in [-0.05, 0) is 54.0 Å². The Bertz CT molecular complexity index is 993. The molecule has 0 fully saturated rings. The van der Waals surface area contributed by atoms with E-state index in [4.69, 9.17) is 34.8 Å². The minimum Gasteiger partial charge on any atom is -0.267 e. The van der Waals surface area contributed by atoms with Crippen molar-refractivity contribution in [2.24, 2.45) is 4.99 Å². The van der Waals surface area contributed by atoms with Gasteiger partial charge >= 0.3 is 5.69 Å². The summed E-state index contributed by atoms with van der Waals surface area (Å²) < 4.78 is 4.32. The maximum atomic E-state index is 12.0. The molecule has 3 rings (SSSR count). The Hall–Kier alpha value is -1.18. The lowest BCUT2D eigenvalue weighted by atomic mass is 10.3. The van der Waals surface area contributed by atoms with Crippen LogP contribution >= 0.6 is 58.1 Å². The van der Waals surface area contributed by atoms with Crippen molar-refractivity contribution in [2.45, 2.75) is 11.4 Å². The van der Waals surface area contributed by atoms with Crippen molar-refractivity contribution in [3.8, 4) is 0 Å². The number of hydrogen-bond donors (Lipinski definition) is 1. The standard InChI is InChI=1S/C16H12Cl3N3OS2/c17-10-1-4-12(5-2-10)24-8-7-22-15(23)21-25-16(22)20-11-3-6-13(18)14(19)9-11/h1-6,9H,7-8H2,(H,21,23). The molecular weight excluding hydrogens is 421 g/mol. The van der Waals surface area contributed by atoms with Gasteiger partial charge in [0.05, 0.1) is 15.7 Å². The molecule has 25 heavy (non-hydrogen) atoms. The lowest BCUT2D eigenvalue weighted by Crippen LogP contribution is -2.27. The van der Waals surface area contributed by atoms with E-state index in [2.05, 4.69) is 9.37 Å². The Balaban J connectivity index is 1.77. The average Bonchev–Trinajstić information content (AvgIpc) is 2.93. The summed E-state index contributed by atoms with van der Waals surface area (Å²) >= 11 is 20.6. The second-order valence-electron chi connectivity index (χ2n) is 4.96. The molecule has 1 aromatic heterocycles. The number of halogens is 3. The van der Waals surface area contributed by atoms with Gasteiger partial charge in [-0.25, -0.2) is 9.79 Å². The molecule has 1 heterocycles. The molecule has 0 unspecified atom stereocenters. The van der Waals surface area contributed by atoms with Crippen LogP contribution in [0.2, 0.25) is 15.1 Å². The monoisotopic (exact) mass is 431 g/mol. The number of hydrogen-bond acceptors (Lipinski definition) is 4. The number of rotatable bonds is 5. The van der Waals surface area contributed by atoms with E-state index in [9.17, 15) is 4.79 Å². The molecule has 0 spiro atoms. The third-order valence-corrected chi connectivity index (χ3v) is 5.99. The van der Waals surface area contributed by atoms with E-state index in [1.807, 2.05) is 24.3 Å². The SMILES string of the molecule is O=c1[nH]sc(=Nc2ccc(Cl)c(Cl)c2)n1CCSc1ccc(Cl)cc1. The molecule has 4 nitrogen and oxygen atoms in total. The van der Waals surface area contributed by atoms with Crippen molar-refractivity contribution in [1.29, 1.82) is 0 Å². The maximum absolute atomic E-state index is 12.0. The molecule has 9 heteroatoms. The van der Waals surface area contributed by atoms with Crippen LogP contribution in [-0.4, -0.2) is 14.7 Å². The first-order chi connectivity index (χ1) is 12.0. The normalized spacial score (nSPS) is 11.9. The van der Waals surface area contributed by atoms with E-state index in [0.29, 0.717) is 32.1 Å². The lowest BCUT2D eigenvalue weighted by molar-refractivity contribution is 0.705. The molecule has 2 aromatic carbocycles. The quantitative estimate of drug-likeness (QED) is 0.562. The number of benzene rings is 2. The molecule has 0 bridgehead atoms. The third-order valence-electron chi connectivity index (χ3n) is 3.23. The van der Waals surface area contributed by atoms with E-state index in [1.54, 1.807) is 34.5 Å². The largest absolute Gasteiger partial charge is 0.337 e. The fourth-order valence-corrected chi connectivity index (χ4v) is 4.00. The van der Waals surface area contributed by atoms with Crippen molar-refractivity contribution in [2.75, 3.05) is 5.75 Å². The number of nitrogens with zero attached hydrogens (tertiary/aromatic N) is 2. The molecule has 130 valence electrons.